The lowest BCUT2D eigenvalue weighted by Crippen LogP contribution is -1.78. The van der Waals surface area contributed by atoms with E-state index in [1.54, 1.807) is 6.92 Å². The topological polar surface area (TPSA) is 71.4 Å². The third kappa shape index (κ3) is 2550. The standard InChI is InChI=1S/C4H6O.C3H6O.C2H4O2/c1-4(2)3-5;1-3(2)4;1-2(3)4/h3H,1H2,2H3;1-2H3;1H3,(H,3,4). The number of carbonyl (C=O) groups is 3. The van der Waals surface area contributed by atoms with E-state index in [0.29, 0.717) is 5.57 Å². The Hall–Kier alpha value is -1.45. The van der Waals surface area contributed by atoms with Gasteiger partial charge in [-0.15, -0.1) is 0 Å². The van der Waals surface area contributed by atoms with E-state index in [-0.39, 0.29) is 5.78 Å². The summed E-state index contributed by atoms with van der Waals surface area (Å²) in [5.41, 5.74) is 0.574. The van der Waals surface area contributed by atoms with Gasteiger partial charge in [0.1, 0.15) is 12.1 Å². The molecule has 0 unspecified atom stereocenters. The Bertz CT molecular complexity index is 162. The Labute approximate surface area is 78.3 Å². The summed E-state index contributed by atoms with van der Waals surface area (Å²) in [6.45, 7) is 9.10. The van der Waals surface area contributed by atoms with Crippen molar-refractivity contribution in [3.8, 4) is 0 Å². The van der Waals surface area contributed by atoms with Gasteiger partial charge in [0.2, 0.25) is 0 Å². The van der Waals surface area contributed by atoms with Crippen LogP contribution in [0.25, 0.3) is 0 Å². The second-order valence-electron chi connectivity index (χ2n) is 2.39. The maximum atomic E-state index is 9.44. The molecule has 0 aliphatic heterocycles. The van der Waals surface area contributed by atoms with Crippen LogP contribution >= 0.6 is 0 Å². The monoisotopic (exact) mass is 188 g/mol. The zero-order valence-electron chi connectivity index (χ0n) is 8.46. The van der Waals surface area contributed by atoms with E-state index in [1.165, 1.54) is 13.8 Å². The van der Waals surface area contributed by atoms with E-state index in [2.05, 4.69) is 6.58 Å². The smallest absolute Gasteiger partial charge is 0.300 e. The SMILES string of the molecule is C=C(C)C=O.CC(=O)O.CC(C)=O. The van der Waals surface area contributed by atoms with Crippen molar-refractivity contribution in [2.45, 2.75) is 27.7 Å². The summed E-state index contributed by atoms with van der Waals surface area (Å²) < 4.78 is 0. The molecule has 4 heteroatoms. The fourth-order valence-electron chi connectivity index (χ4n) is 0. The molecule has 0 fully saturated rings. The first-order chi connectivity index (χ1) is 5.73. The highest BCUT2D eigenvalue weighted by atomic mass is 16.4. The van der Waals surface area contributed by atoms with Gasteiger partial charge in [-0.05, 0) is 26.3 Å². The minimum atomic E-state index is -0.833. The van der Waals surface area contributed by atoms with Crippen molar-refractivity contribution in [2.75, 3.05) is 0 Å². The summed E-state index contributed by atoms with van der Waals surface area (Å²) in [5, 5.41) is 7.42. The van der Waals surface area contributed by atoms with Crippen LogP contribution in [0.5, 0.6) is 0 Å². The first-order valence-electron chi connectivity index (χ1n) is 3.51. The zero-order valence-corrected chi connectivity index (χ0v) is 8.46. The van der Waals surface area contributed by atoms with Crippen molar-refractivity contribution in [3.05, 3.63) is 12.2 Å². The van der Waals surface area contributed by atoms with Crippen LogP contribution in [-0.4, -0.2) is 23.1 Å². The molecule has 0 aromatic carbocycles. The van der Waals surface area contributed by atoms with E-state index in [0.717, 1.165) is 13.2 Å². The number of rotatable bonds is 1. The predicted octanol–water partition coefficient (Wildman–Crippen LogP) is 1.45. The number of aliphatic carboxylic acids is 1. The first kappa shape index (κ1) is 17.6. The van der Waals surface area contributed by atoms with Crippen molar-refractivity contribution in [3.63, 3.8) is 0 Å². The number of hydrogen-bond donors (Lipinski definition) is 1. The number of aldehydes is 1. The quantitative estimate of drug-likeness (QED) is 0.499. The molecule has 0 rings (SSSR count). The van der Waals surface area contributed by atoms with Crippen LogP contribution in [0.1, 0.15) is 27.7 Å². The van der Waals surface area contributed by atoms with Gasteiger partial charge in [-0.25, -0.2) is 0 Å². The van der Waals surface area contributed by atoms with E-state index < -0.39 is 5.97 Å². The molecule has 0 bridgehead atoms. The fraction of sp³-hybridized carbons (Fsp3) is 0.444. The number of carboxylic acid groups (broad SMARTS) is 1. The number of carbonyl (C=O) groups excluding carboxylic acids is 2. The summed E-state index contributed by atoms with van der Waals surface area (Å²) in [6.07, 6.45) is 0.722. The van der Waals surface area contributed by atoms with E-state index in [4.69, 9.17) is 9.90 Å². The minimum absolute atomic E-state index is 0.167. The van der Waals surface area contributed by atoms with Gasteiger partial charge in [0.05, 0.1) is 0 Å². The van der Waals surface area contributed by atoms with Crippen molar-refractivity contribution < 1.29 is 19.5 Å². The number of hydrogen-bond acceptors (Lipinski definition) is 3. The van der Waals surface area contributed by atoms with Gasteiger partial charge in [0.25, 0.3) is 5.97 Å². The van der Waals surface area contributed by atoms with Crippen LogP contribution in [0.2, 0.25) is 0 Å². The van der Waals surface area contributed by atoms with Crippen LogP contribution in [0.15, 0.2) is 12.2 Å². The molecule has 0 spiro atoms. The third-order valence-electron chi connectivity index (χ3n) is 0.201. The Morgan fingerprint density at radius 1 is 1.15 bits per heavy atom. The van der Waals surface area contributed by atoms with E-state index in [1.807, 2.05) is 0 Å². The van der Waals surface area contributed by atoms with E-state index >= 15 is 0 Å². The first-order valence-corrected chi connectivity index (χ1v) is 3.51. The second kappa shape index (κ2) is 13.2. The molecule has 0 atom stereocenters. The molecule has 4 nitrogen and oxygen atoms in total. The van der Waals surface area contributed by atoms with Crippen LogP contribution in [-0.2, 0) is 14.4 Å². The molecule has 0 radical (unpaired) electrons. The maximum absolute atomic E-state index is 9.44. The molecule has 0 aliphatic carbocycles. The van der Waals surface area contributed by atoms with Crippen molar-refractivity contribution in [2.24, 2.45) is 0 Å². The molecular weight excluding hydrogens is 172 g/mol. The normalized spacial score (nSPS) is 6.46. The molecule has 0 saturated heterocycles. The summed E-state index contributed by atoms with van der Waals surface area (Å²) in [7, 11) is 0. The Morgan fingerprint density at radius 2 is 1.23 bits per heavy atom. The molecule has 0 heterocycles. The average Bonchev–Trinajstić information content (AvgIpc) is 1.84. The summed E-state index contributed by atoms with van der Waals surface area (Å²) in [4.78, 5) is 27.8. The van der Waals surface area contributed by atoms with Crippen LogP contribution in [0.3, 0.4) is 0 Å². The Morgan fingerprint density at radius 3 is 1.23 bits per heavy atom. The number of Topliss-reactive ketones (excluding diaryl/α,β-unsaturated/α-hetero) is 1. The second-order valence-corrected chi connectivity index (χ2v) is 2.39. The van der Waals surface area contributed by atoms with Gasteiger partial charge >= 0.3 is 0 Å². The average molecular weight is 188 g/mol. The van der Waals surface area contributed by atoms with Crippen LogP contribution < -0.4 is 0 Å². The lowest BCUT2D eigenvalue weighted by atomic mass is 10.4. The lowest BCUT2D eigenvalue weighted by Gasteiger charge is -1.65. The van der Waals surface area contributed by atoms with Gasteiger partial charge in [0, 0.05) is 6.92 Å². The van der Waals surface area contributed by atoms with Crippen molar-refractivity contribution in [1.29, 1.82) is 0 Å². The van der Waals surface area contributed by atoms with Crippen molar-refractivity contribution in [1.82, 2.24) is 0 Å². The maximum Gasteiger partial charge on any atom is 0.300 e. The van der Waals surface area contributed by atoms with Gasteiger partial charge in [0.15, 0.2) is 0 Å². The van der Waals surface area contributed by atoms with Gasteiger partial charge in [-0.2, -0.15) is 0 Å². The number of allylic oxidation sites excluding steroid dienone is 1. The minimum Gasteiger partial charge on any atom is -0.481 e. The molecule has 13 heavy (non-hydrogen) atoms. The number of carboxylic acids is 1. The molecule has 76 valence electrons. The molecule has 0 aromatic heterocycles. The van der Waals surface area contributed by atoms with Crippen LogP contribution in [0.4, 0.5) is 0 Å². The largest absolute Gasteiger partial charge is 0.481 e. The van der Waals surface area contributed by atoms with Gasteiger partial charge < -0.3 is 9.90 Å². The fourth-order valence-corrected chi connectivity index (χ4v) is 0. The zero-order chi connectivity index (χ0) is 11.4. The molecule has 0 saturated carbocycles. The Kier molecular flexibility index (Phi) is 17.8. The molecular formula is C9H16O4. The summed E-state index contributed by atoms with van der Waals surface area (Å²) in [5.74, 6) is -0.667. The molecule has 0 amide bonds. The van der Waals surface area contributed by atoms with Gasteiger partial charge in [-0.3, -0.25) is 9.59 Å². The highest BCUT2D eigenvalue weighted by Gasteiger charge is 1.66. The summed E-state index contributed by atoms with van der Waals surface area (Å²) in [6, 6.07) is 0. The predicted molar refractivity (Wildman–Crippen MR) is 50.5 cm³/mol. The Balaban J connectivity index is -0.000000117. The highest BCUT2D eigenvalue weighted by Crippen LogP contribution is 1.70. The van der Waals surface area contributed by atoms with E-state index in [9.17, 15) is 9.59 Å². The molecule has 1 N–H and O–H groups in total. The molecule has 0 aromatic rings. The highest BCUT2D eigenvalue weighted by molar-refractivity contribution is 5.72. The summed E-state index contributed by atoms with van der Waals surface area (Å²) >= 11 is 0. The van der Waals surface area contributed by atoms with Crippen LogP contribution in [0, 0.1) is 0 Å². The lowest BCUT2D eigenvalue weighted by molar-refractivity contribution is -0.134. The van der Waals surface area contributed by atoms with Crippen molar-refractivity contribution >= 4 is 18.0 Å². The molecule has 0 aliphatic rings. The van der Waals surface area contributed by atoms with Gasteiger partial charge in [-0.1, -0.05) is 6.58 Å². The third-order valence-corrected chi connectivity index (χ3v) is 0.201. The number of ketones is 1.